The van der Waals surface area contributed by atoms with Gasteiger partial charge in [0.25, 0.3) is 0 Å². The van der Waals surface area contributed by atoms with E-state index >= 15 is 0 Å². The van der Waals surface area contributed by atoms with Gasteiger partial charge in [0.05, 0.1) is 6.04 Å². The summed E-state index contributed by atoms with van der Waals surface area (Å²) in [6.45, 7) is 2.34. The van der Waals surface area contributed by atoms with Crippen LogP contribution in [0, 0.1) is 11.6 Å². The zero-order chi connectivity index (χ0) is 15.4. The number of hydrogen-bond donors (Lipinski definition) is 0. The summed E-state index contributed by atoms with van der Waals surface area (Å²) in [6, 6.07) is 11.4. The van der Waals surface area contributed by atoms with E-state index in [-0.39, 0.29) is 23.5 Å². The molecule has 4 heteroatoms. The van der Waals surface area contributed by atoms with E-state index in [1.807, 2.05) is 11.9 Å². The van der Waals surface area contributed by atoms with Crippen molar-refractivity contribution in [2.24, 2.45) is 0 Å². The van der Waals surface area contributed by atoms with E-state index in [0.717, 1.165) is 5.56 Å². The van der Waals surface area contributed by atoms with E-state index in [1.165, 1.54) is 36.4 Å². The maximum absolute atomic E-state index is 12.9. The van der Waals surface area contributed by atoms with Crippen molar-refractivity contribution in [2.45, 2.75) is 19.5 Å². The van der Waals surface area contributed by atoms with Gasteiger partial charge in [0.15, 0.2) is 5.78 Å². The molecule has 21 heavy (non-hydrogen) atoms. The Bertz CT molecular complexity index is 608. The van der Waals surface area contributed by atoms with Crippen LogP contribution in [0.15, 0.2) is 48.5 Å². The van der Waals surface area contributed by atoms with Gasteiger partial charge >= 0.3 is 0 Å². The maximum Gasteiger partial charge on any atom is 0.179 e. The molecular formula is C17H17F2NO. The average Bonchev–Trinajstić information content (AvgIpc) is 2.49. The Hall–Kier alpha value is -2.07. The first-order valence-electron chi connectivity index (χ1n) is 6.72. The predicted octanol–water partition coefficient (Wildman–Crippen LogP) is 3.67. The lowest BCUT2D eigenvalue weighted by Gasteiger charge is -2.23. The van der Waals surface area contributed by atoms with Crippen LogP contribution in [-0.2, 0) is 6.54 Å². The van der Waals surface area contributed by atoms with E-state index in [4.69, 9.17) is 0 Å². The highest BCUT2D eigenvalue weighted by molar-refractivity contribution is 5.99. The van der Waals surface area contributed by atoms with Crippen LogP contribution in [0.4, 0.5) is 8.78 Å². The number of ketones is 1. The van der Waals surface area contributed by atoms with Gasteiger partial charge in [-0.1, -0.05) is 12.1 Å². The van der Waals surface area contributed by atoms with Crippen molar-refractivity contribution in [3.8, 4) is 0 Å². The molecule has 0 N–H and O–H groups in total. The average molecular weight is 289 g/mol. The van der Waals surface area contributed by atoms with Gasteiger partial charge in [-0.15, -0.1) is 0 Å². The number of nitrogens with zero attached hydrogens (tertiary/aromatic N) is 1. The summed E-state index contributed by atoms with van der Waals surface area (Å²) in [5, 5.41) is 0. The van der Waals surface area contributed by atoms with Gasteiger partial charge in [-0.05, 0) is 55.9 Å². The van der Waals surface area contributed by atoms with Crippen molar-refractivity contribution in [1.82, 2.24) is 4.90 Å². The molecule has 0 saturated heterocycles. The van der Waals surface area contributed by atoms with E-state index in [1.54, 1.807) is 19.1 Å². The lowest BCUT2D eigenvalue weighted by atomic mass is 10.0. The Morgan fingerprint density at radius 3 is 2.00 bits per heavy atom. The molecular weight excluding hydrogens is 272 g/mol. The molecule has 0 bridgehead atoms. The molecule has 0 amide bonds. The molecule has 0 spiro atoms. The highest BCUT2D eigenvalue weighted by Gasteiger charge is 2.19. The third-order valence-corrected chi connectivity index (χ3v) is 3.51. The second-order valence-electron chi connectivity index (χ2n) is 5.09. The summed E-state index contributed by atoms with van der Waals surface area (Å²) < 4.78 is 25.7. The molecule has 0 heterocycles. The SMILES string of the molecule is CC(C(=O)c1ccc(F)cc1)N(C)Cc1ccc(F)cc1. The summed E-state index contributed by atoms with van der Waals surface area (Å²) in [7, 11) is 1.83. The Morgan fingerprint density at radius 1 is 1.00 bits per heavy atom. The fourth-order valence-electron chi connectivity index (χ4n) is 2.07. The predicted molar refractivity (Wildman–Crippen MR) is 78.1 cm³/mol. The van der Waals surface area contributed by atoms with Crippen molar-refractivity contribution in [2.75, 3.05) is 7.05 Å². The standard InChI is InChI=1S/C17H17F2NO/c1-12(17(21)14-5-9-16(19)10-6-14)20(2)11-13-3-7-15(18)8-4-13/h3-10,12H,11H2,1-2H3. The molecule has 1 unspecified atom stereocenters. The number of Topliss-reactive ketones (excluding diaryl/α,β-unsaturated/α-hetero) is 1. The van der Waals surface area contributed by atoms with Crippen molar-refractivity contribution in [3.63, 3.8) is 0 Å². The highest BCUT2D eigenvalue weighted by atomic mass is 19.1. The maximum atomic E-state index is 12.9. The fraction of sp³-hybridized carbons (Fsp3) is 0.235. The zero-order valence-electron chi connectivity index (χ0n) is 12.0. The van der Waals surface area contributed by atoms with Gasteiger partial charge in [-0.25, -0.2) is 8.78 Å². The topological polar surface area (TPSA) is 20.3 Å². The molecule has 0 aromatic heterocycles. The van der Waals surface area contributed by atoms with Crippen LogP contribution in [0.25, 0.3) is 0 Å². The second kappa shape index (κ2) is 6.59. The summed E-state index contributed by atoms with van der Waals surface area (Å²) >= 11 is 0. The molecule has 0 fully saturated rings. The summed E-state index contributed by atoms with van der Waals surface area (Å²) in [5.74, 6) is -0.713. The third-order valence-electron chi connectivity index (χ3n) is 3.51. The molecule has 0 aliphatic heterocycles. The zero-order valence-corrected chi connectivity index (χ0v) is 12.0. The Morgan fingerprint density at radius 2 is 1.48 bits per heavy atom. The molecule has 2 aromatic carbocycles. The quantitative estimate of drug-likeness (QED) is 0.783. The Balaban J connectivity index is 2.04. The number of carbonyl (C=O) groups excluding carboxylic acids is 1. The number of halogens is 2. The van der Waals surface area contributed by atoms with Gasteiger partial charge in [0, 0.05) is 12.1 Å². The molecule has 2 nitrogen and oxygen atoms in total. The van der Waals surface area contributed by atoms with Crippen LogP contribution in [0.1, 0.15) is 22.8 Å². The normalized spacial score (nSPS) is 12.4. The highest BCUT2D eigenvalue weighted by Crippen LogP contribution is 2.12. The molecule has 1 atom stereocenters. The molecule has 0 aliphatic rings. The van der Waals surface area contributed by atoms with Crippen LogP contribution in [0.3, 0.4) is 0 Å². The molecule has 2 aromatic rings. The van der Waals surface area contributed by atoms with Crippen LogP contribution in [0.5, 0.6) is 0 Å². The Labute approximate surface area is 123 Å². The first-order valence-corrected chi connectivity index (χ1v) is 6.72. The van der Waals surface area contributed by atoms with Gasteiger partial charge in [0.2, 0.25) is 0 Å². The molecule has 0 radical (unpaired) electrons. The minimum absolute atomic E-state index is 0.0698. The van der Waals surface area contributed by atoms with Crippen LogP contribution in [0.2, 0.25) is 0 Å². The van der Waals surface area contributed by atoms with Gasteiger partial charge in [-0.2, -0.15) is 0 Å². The number of rotatable bonds is 5. The Kier molecular flexibility index (Phi) is 4.81. The summed E-state index contributed by atoms with van der Waals surface area (Å²) in [6.07, 6.45) is 0. The van der Waals surface area contributed by atoms with Crippen molar-refractivity contribution < 1.29 is 13.6 Å². The summed E-state index contributed by atoms with van der Waals surface area (Å²) in [5.41, 5.74) is 1.41. The van der Waals surface area contributed by atoms with Crippen LogP contribution in [-0.4, -0.2) is 23.8 Å². The number of hydrogen-bond acceptors (Lipinski definition) is 2. The monoisotopic (exact) mass is 289 g/mol. The van der Waals surface area contributed by atoms with Crippen molar-refractivity contribution in [1.29, 1.82) is 0 Å². The van der Waals surface area contributed by atoms with Crippen LogP contribution >= 0.6 is 0 Å². The van der Waals surface area contributed by atoms with E-state index in [0.29, 0.717) is 12.1 Å². The van der Waals surface area contributed by atoms with E-state index in [9.17, 15) is 13.6 Å². The first kappa shape index (κ1) is 15.3. The van der Waals surface area contributed by atoms with Crippen molar-refractivity contribution in [3.05, 3.63) is 71.3 Å². The van der Waals surface area contributed by atoms with Gasteiger partial charge < -0.3 is 0 Å². The number of carbonyl (C=O) groups is 1. The largest absolute Gasteiger partial charge is 0.292 e. The van der Waals surface area contributed by atoms with Crippen LogP contribution < -0.4 is 0 Å². The fourth-order valence-corrected chi connectivity index (χ4v) is 2.07. The molecule has 2 rings (SSSR count). The lowest BCUT2D eigenvalue weighted by molar-refractivity contribution is 0.0862. The lowest BCUT2D eigenvalue weighted by Crippen LogP contribution is -2.35. The second-order valence-corrected chi connectivity index (χ2v) is 5.09. The minimum atomic E-state index is -0.362. The van der Waals surface area contributed by atoms with E-state index < -0.39 is 0 Å². The van der Waals surface area contributed by atoms with Crippen molar-refractivity contribution >= 4 is 5.78 Å². The summed E-state index contributed by atoms with van der Waals surface area (Å²) in [4.78, 5) is 14.2. The molecule has 0 saturated carbocycles. The van der Waals surface area contributed by atoms with Gasteiger partial charge in [-0.3, -0.25) is 9.69 Å². The van der Waals surface area contributed by atoms with Gasteiger partial charge in [0.1, 0.15) is 11.6 Å². The smallest absolute Gasteiger partial charge is 0.179 e. The molecule has 110 valence electrons. The van der Waals surface area contributed by atoms with E-state index in [2.05, 4.69) is 0 Å². The minimum Gasteiger partial charge on any atom is -0.292 e. The third kappa shape index (κ3) is 3.95. The molecule has 0 aliphatic carbocycles. The number of benzene rings is 2. The number of likely N-dealkylation sites (N-methyl/N-ethyl adjacent to an activating group) is 1. The first-order chi connectivity index (χ1) is 9.97.